The summed E-state index contributed by atoms with van der Waals surface area (Å²) in [5.41, 5.74) is 5.35. The second-order valence-electron chi connectivity index (χ2n) is 4.22. The van der Waals surface area contributed by atoms with Crippen molar-refractivity contribution in [2.45, 2.75) is 19.8 Å². The van der Waals surface area contributed by atoms with Gasteiger partial charge in [-0.05, 0) is 24.8 Å². The molecule has 1 aromatic heterocycles. The number of nitrogens with two attached hydrogens (primary N) is 1. The van der Waals surface area contributed by atoms with Crippen LogP contribution in [0, 0.1) is 11.3 Å². The third kappa shape index (κ3) is 2.14. The summed E-state index contributed by atoms with van der Waals surface area (Å²) in [5.74, 6) is 2.10. The number of hydrogen-bond acceptors (Lipinski definition) is 3. The molecule has 2 heterocycles. The van der Waals surface area contributed by atoms with Crippen LogP contribution in [0.25, 0.3) is 0 Å². The maximum absolute atomic E-state index is 7.26. The molecule has 0 aliphatic carbocycles. The first-order chi connectivity index (χ1) is 7.16. The van der Waals surface area contributed by atoms with Crippen LogP contribution < -0.4 is 10.6 Å². The van der Waals surface area contributed by atoms with Gasteiger partial charge < -0.3 is 15.1 Å². The Kier molecular flexibility index (Phi) is 2.66. The lowest BCUT2D eigenvalue weighted by Gasteiger charge is -2.29. The van der Waals surface area contributed by atoms with Crippen molar-refractivity contribution in [2.75, 3.05) is 18.0 Å². The van der Waals surface area contributed by atoms with E-state index in [0.717, 1.165) is 24.9 Å². The Labute approximate surface area is 89.6 Å². The maximum Gasteiger partial charge on any atom is 0.196 e. The lowest BCUT2D eigenvalue weighted by atomic mass is 9.99. The van der Waals surface area contributed by atoms with E-state index in [0.29, 0.717) is 5.76 Å². The van der Waals surface area contributed by atoms with Gasteiger partial charge in [-0.1, -0.05) is 6.92 Å². The van der Waals surface area contributed by atoms with Crippen molar-refractivity contribution in [3.05, 3.63) is 17.9 Å². The van der Waals surface area contributed by atoms with E-state index in [4.69, 9.17) is 15.6 Å². The van der Waals surface area contributed by atoms with Crippen molar-refractivity contribution in [3.8, 4) is 0 Å². The van der Waals surface area contributed by atoms with Gasteiger partial charge in [0, 0.05) is 19.2 Å². The van der Waals surface area contributed by atoms with Crippen molar-refractivity contribution in [3.63, 3.8) is 0 Å². The van der Waals surface area contributed by atoms with Crippen LogP contribution in [0.4, 0.5) is 5.88 Å². The molecule has 4 nitrogen and oxygen atoms in total. The molecule has 82 valence electrons. The maximum atomic E-state index is 7.26. The molecule has 15 heavy (non-hydrogen) atoms. The van der Waals surface area contributed by atoms with Gasteiger partial charge in [-0.3, -0.25) is 5.41 Å². The first-order valence-corrected chi connectivity index (χ1v) is 5.36. The minimum Gasteiger partial charge on any atom is -0.437 e. The van der Waals surface area contributed by atoms with Gasteiger partial charge in [0.1, 0.15) is 0 Å². The van der Waals surface area contributed by atoms with Gasteiger partial charge in [-0.2, -0.15) is 0 Å². The predicted octanol–water partition coefficient (Wildman–Crippen LogP) is 1.80. The molecular weight excluding hydrogens is 190 g/mol. The second-order valence-corrected chi connectivity index (χ2v) is 4.22. The van der Waals surface area contributed by atoms with Crippen molar-refractivity contribution in [2.24, 2.45) is 11.7 Å². The number of furan rings is 1. The Hall–Kier alpha value is -1.45. The molecule has 0 amide bonds. The molecule has 0 unspecified atom stereocenters. The summed E-state index contributed by atoms with van der Waals surface area (Å²) >= 11 is 0. The van der Waals surface area contributed by atoms with E-state index >= 15 is 0 Å². The molecule has 3 N–H and O–H groups in total. The molecule has 0 atom stereocenters. The number of anilines is 1. The van der Waals surface area contributed by atoms with Crippen molar-refractivity contribution >= 4 is 11.7 Å². The molecule has 2 rings (SSSR count). The monoisotopic (exact) mass is 207 g/mol. The van der Waals surface area contributed by atoms with Crippen molar-refractivity contribution in [1.29, 1.82) is 5.41 Å². The standard InChI is InChI=1S/C11H17N3O/c1-8-4-6-14(7-5-8)10-3-2-9(15-10)11(12)13/h2-3,8H,4-7H2,1H3,(H3,12,13). The largest absolute Gasteiger partial charge is 0.437 e. The number of amidine groups is 1. The summed E-state index contributed by atoms with van der Waals surface area (Å²) in [5, 5.41) is 7.26. The lowest BCUT2D eigenvalue weighted by Crippen LogP contribution is -2.32. The van der Waals surface area contributed by atoms with Crippen LogP contribution in [0.3, 0.4) is 0 Å². The topological polar surface area (TPSA) is 66.2 Å². The number of hydrogen-bond donors (Lipinski definition) is 2. The summed E-state index contributed by atoms with van der Waals surface area (Å²) in [6.07, 6.45) is 2.41. The van der Waals surface area contributed by atoms with Gasteiger partial charge in [-0.15, -0.1) is 0 Å². The summed E-state index contributed by atoms with van der Waals surface area (Å²) in [7, 11) is 0. The highest BCUT2D eigenvalue weighted by molar-refractivity contribution is 5.92. The van der Waals surface area contributed by atoms with E-state index in [1.807, 2.05) is 6.07 Å². The minimum absolute atomic E-state index is 0.00775. The molecule has 0 saturated carbocycles. The number of piperidine rings is 1. The molecule has 0 spiro atoms. The summed E-state index contributed by atoms with van der Waals surface area (Å²) in [4.78, 5) is 2.21. The van der Waals surface area contributed by atoms with E-state index in [1.165, 1.54) is 12.8 Å². The fourth-order valence-corrected chi connectivity index (χ4v) is 1.87. The van der Waals surface area contributed by atoms with E-state index in [1.54, 1.807) is 6.07 Å². The first kappa shape index (κ1) is 10.1. The van der Waals surface area contributed by atoms with E-state index in [-0.39, 0.29) is 5.84 Å². The quantitative estimate of drug-likeness (QED) is 0.574. The molecule has 1 aliphatic heterocycles. The first-order valence-electron chi connectivity index (χ1n) is 5.36. The lowest BCUT2D eigenvalue weighted by molar-refractivity contribution is 0.416. The Morgan fingerprint density at radius 3 is 2.67 bits per heavy atom. The predicted molar refractivity (Wildman–Crippen MR) is 60.3 cm³/mol. The number of nitrogens with one attached hydrogen (secondary N) is 1. The average Bonchev–Trinajstić information content (AvgIpc) is 2.68. The second kappa shape index (κ2) is 3.96. The van der Waals surface area contributed by atoms with Gasteiger partial charge >= 0.3 is 0 Å². The minimum atomic E-state index is -0.00775. The summed E-state index contributed by atoms with van der Waals surface area (Å²) in [6.45, 7) is 4.35. The molecular formula is C11H17N3O. The normalized spacial score (nSPS) is 18.1. The zero-order valence-corrected chi connectivity index (χ0v) is 8.99. The van der Waals surface area contributed by atoms with Crippen LogP contribution in [0.2, 0.25) is 0 Å². The molecule has 0 bridgehead atoms. The number of rotatable bonds is 2. The van der Waals surface area contributed by atoms with Crippen LogP contribution in [0.1, 0.15) is 25.5 Å². The van der Waals surface area contributed by atoms with Crippen LogP contribution in [-0.4, -0.2) is 18.9 Å². The van der Waals surface area contributed by atoms with Crippen LogP contribution >= 0.6 is 0 Å². The van der Waals surface area contributed by atoms with Crippen molar-refractivity contribution < 1.29 is 4.42 Å². The highest BCUT2D eigenvalue weighted by Crippen LogP contribution is 2.24. The Balaban J connectivity index is 2.06. The zero-order chi connectivity index (χ0) is 10.8. The van der Waals surface area contributed by atoms with E-state index < -0.39 is 0 Å². The zero-order valence-electron chi connectivity index (χ0n) is 8.99. The molecule has 0 aromatic carbocycles. The fraction of sp³-hybridized carbons (Fsp3) is 0.545. The van der Waals surface area contributed by atoms with Gasteiger partial charge in [-0.25, -0.2) is 0 Å². The number of nitrogen functional groups attached to an aromatic ring is 1. The summed E-state index contributed by atoms with van der Waals surface area (Å²) < 4.78 is 5.50. The van der Waals surface area contributed by atoms with Crippen LogP contribution in [0.15, 0.2) is 16.5 Å². The smallest absolute Gasteiger partial charge is 0.196 e. The van der Waals surface area contributed by atoms with Gasteiger partial charge in [0.05, 0.1) is 0 Å². The van der Waals surface area contributed by atoms with Gasteiger partial charge in [0.15, 0.2) is 17.5 Å². The molecule has 1 aromatic rings. The van der Waals surface area contributed by atoms with Crippen molar-refractivity contribution in [1.82, 2.24) is 0 Å². The molecule has 1 fully saturated rings. The van der Waals surface area contributed by atoms with E-state index in [2.05, 4.69) is 11.8 Å². The van der Waals surface area contributed by atoms with Gasteiger partial charge in [0.25, 0.3) is 0 Å². The Morgan fingerprint density at radius 1 is 1.47 bits per heavy atom. The molecule has 1 saturated heterocycles. The van der Waals surface area contributed by atoms with Crippen LogP contribution in [0.5, 0.6) is 0 Å². The molecule has 0 radical (unpaired) electrons. The van der Waals surface area contributed by atoms with Crippen LogP contribution in [-0.2, 0) is 0 Å². The average molecular weight is 207 g/mol. The highest BCUT2D eigenvalue weighted by Gasteiger charge is 2.18. The third-order valence-electron chi connectivity index (χ3n) is 2.95. The summed E-state index contributed by atoms with van der Waals surface area (Å²) in [6, 6.07) is 3.66. The Morgan fingerprint density at radius 2 is 2.13 bits per heavy atom. The molecule has 1 aliphatic rings. The van der Waals surface area contributed by atoms with E-state index in [9.17, 15) is 0 Å². The molecule has 4 heteroatoms. The van der Waals surface area contributed by atoms with Gasteiger partial charge in [0.2, 0.25) is 0 Å². The third-order valence-corrected chi connectivity index (χ3v) is 2.95. The number of nitrogens with zero attached hydrogens (tertiary/aromatic N) is 1. The highest BCUT2D eigenvalue weighted by atomic mass is 16.4. The SMILES string of the molecule is CC1CCN(c2ccc(C(=N)N)o2)CC1. The Bertz CT molecular complexity index is 350. The fourth-order valence-electron chi connectivity index (χ4n) is 1.87.